The van der Waals surface area contributed by atoms with Crippen LogP contribution < -0.4 is 0 Å². The summed E-state index contributed by atoms with van der Waals surface area (Å²) >= 11 is 0. The second kappa shape index (κ2) is 8.96. The van der Waals surface area contributed by atoms with E-state index in [2.05, 4.69) is 52.0 Å². The van der Waals surface area contributed by atoms with Crippen LogP contribution in [-0.2, 0) is 4.43 Å². The van der Waals surface area contributed by atoms with Gasteiger partial charge in [-0.1, -0.05) is 41.5 Å². The van der Waals surface area contributed by atoms with Gasteiger partial charge in [0.15, 0.2) is 0 Å². The molecule has 1 saturated carbocycles. The molecule has 1 unspecified atom stereocenters. The standard InChI is InChI=1S/C22H32NO5Si/c1-12(2)20(13(3)4)22(28-29,14(5)6)16-9-15(10-16)19-11-17(23(26)27)7-8-18(19)21(24)25/h7-8,11-16,20H,9-10H2,1-6H3,(H,24,25). The maximum absolute atomic E-state index is 11.7. The predicted molar refractivity (Wildman–Crippen MR) is 113 cm³/mol. The Kier molecular flexibility index (Phi) is 7.27. The third-order valence-electron chi connectivity index (χ3n) is 6.73. The summed E-state index contributed by atoms with van der Waals surface area (Å²) in [4.78, 5) is 22.4. The van der Waals surface area contributed by atoms with Crippen LogP contribution in [0.15, 0.2) is 18.2 Å². The Bertz CT molecular complexity index is 750. The average Bonchev–Trinajstić information content (AvgIpc) is 2.57. The highest BCUT2D eigenvalue weighted by Gasteiger charge is 2.54. The van der Waals surface area contributed by atoms with E-state index < -0.39 is 10.9 Å². The molecule has 1 aliphatic rings. The fourth-order valence-electron chi connectivity index (χ4n) is 5.65. The summed E-state index contributed by atoms with van der Waals surface area (Å²) in [6.45, 7) is 13.2. The molecule has 159 valence electrons. The zero-order valence-electron chi connectivity index (χ0n) is 18.1. The molecule has 1 atom stereocenters. The minimum absolute atomic E-state index is 0.0223. The molecule has 1 fully saturated rings. The van der Waals surface area contributed by atoms with Gasteiger partial charge in [0.05, 0.1) is 16.1 Å². The van der Waals surface area contributed by atoms with Gasteiger partial charge >= 0.3 is 5.97 Å². The first kappa shape index (κ1) is 23.5. The number of aromatic carboxylic acids is 1. The molecule has 0 amide bonds. The van der Waals surface area contributed by atoms with E-state index in [4.69, 9.17) is 4.43 Å². The topological polar surface area (TPSA) is 89.7 Å². The molecule has 0 heterocycles. The van der Waals surface area contributed by atoms with E-state index in [9.17, 15) is 20.0 Å². The summed E-state index contributed by atoms with van der Waals surface area (Å²) in [6, 6.07) is 4.04. The number of nitro groups is 1. The number of carbonyl (C=O) groups is 1. The van der Waals surface area contributed by atoms with Crippen LogP contribution in [0.1, 0.15) is 76.2 Å². The predicted octanol–water partition coefficient (Wildman–Crippen LogP) is 5.21. The zero-order valence-corrected chi connectivity index (χ0v) is 19.1. The number of nitro benzene ring substituents is 1. The fraction of sp³-hybridized carbons (Fsp3) is 0.682. The Morgan fingerprint density at radius 3 is 2.14 bits per heavy atom. The normalized spacial score (nSPS) is 21.5. The molecule has 0 aromatic heterocycles. The highest BCUT2D eigenvalue weighted by atomic mass is 28.2. The number of carboxylic acids is 1. The molecule has 0 bridgehead atoms. The summed E-state index contributed by atoms with van der Waals surface area (Å²) in [5, 5.41) is 20.7. The molecule has 1 aromatic carbocycles. The Labute approximate surface area is 176 Å². The fourth-order valence-corrected chi connectivity index (χ4v) is 6.18. The summed E-state index contributed by atoms with van der Waals surface area (Å²) in [7, 11) is 3.40. The number of rotatable bonds is 9. The molecule has 1 aliphatic carbocycles. The molecular weight excluding hydrogens is 386 g/mol. The van der Waals surface area contributed by atoms with Crippen LogP contribution in [0.3, 0.4) is 0 Å². The minimum Gasteiger partial charge on any atom is -0.478 e. The zero-order chi connectivity index (χ0) is 22.1. The highest BCUT2D eigenvalue weighted by molar-refractivity contribution is 5.98. The number of nitrogens with zero attached hydrogens (tertiary/aromatic N) is 1. The van der Waals surface area contributed by atoms with Crippen LogP contribution >= 0.6 is 0 Å². The highest BCUT2D eigenvalue weighted by Crippen LogP contribution is 2.56. The number of hydrogen-bond donors (Lipinski definition) is 1. The van der Waals surface area contributed by atoms with Crippen LogP contribution in [0.5, 0.6) is 0 Å². The molecule has 7 heteroatoms. The van der Waals surface area contributed by atoms with Gasteiger partial charge in [0.1, 0.15) is 0 Å². The van der Waals surface area contributed by atoms with Crippen molar-refractivity contribution < 1.29 is 19.3 Å². The van der Waals surface area contributed by atoms with Crippen molar-refractivity contribution in [3.8, 4) is 0 Å². The first-order chi connectivity index (χ1) is 13.5. The van der Waals surface area contributed by atoms with Crippen molar-refractivity contribution in [1.82, 2.24) is 0 Å². The maximum atomic E-state index is 11.7. The van der Waals surface area contributed by atoms with Crippen LogP contribution in [-0.4, -0.2) is 32.1 Å². The van der Waals surface area contributed by atoms with Gasteiger partial charge in [0.25, 0.3) is 5.69 Å². The SMILES string of the molecule is CC(C)C(C(C)C)C(O[Si])(C(C)C)C1CC(c2cc([N+](=O)[O-])ccc2C(=O)O)C1. The molecule has 1 aromatic rings. The third-order valence-corrected chi connectivity index (χ3v) is 7.08. The molecular formula is C22H32NO5Si. The largest absolute Gasteiger partial charge is 0.478 e. The summed E-state index contributed by atoms with van der Waals surface area (Å²) in [5.74, 6) is 0.568. The van der Waals surface area contributed by atoms with Crippen molar-refractivity contribution in [1.29, 1.82) is 0 Å². The van der Waals surface area contributed by atoms with Gasteiger partial charge in [-0.3, -0.25) is 10.1 Å². The minimum atomic E-state index is -1.05. The van der Waals surface area contributed by atoms with Gasteiger partial charge in [0.2, 0.25) is 10.5 Å². The lowest BCUT2D eigenvalue weighted by atomic mass is 9.54. The molecule has 0 saturated heterocycles. The van der Waals surface area contributed by atoms with Gasteiger partial charge in [0, 0.05) is 12.1 Å². The Morgan fingerprint density at radius 2 is 1.76 bits per heavy atom. The van der Waals surface area contributed by atoms with E-state index in [0.29, 0.717) is 23.3 Å². The molecule has 3 radical (unpaired) electrons. The van der Waals surface area contributed by atoms with E-state index in [1.807, 2.05) is 0 Å². The lowest BCUT2D eigenvalue weighted by Crippen LogP contribution is -2.58. The maximum Gasteiger partial charge on any atom is 0.335 e. The van der Waals surface area contributed by atoms with E-state index in [0.717, 1.165) is 12.8 Å². The van der Waals surface area contributed by atoms with Crippen molar-refractivity contribution in [2.45, 2.75) is 65.9 Å². The lowest BCUT2D eigenvalue weighted by molar-refractivity contribution is -0.385. The lowest BCUT2D eigenvalue weighted by Gasteiger charge is -2.57. The monoisotopic (exact) mass is 418 g/mol. The van der Waals surface area contributed by atoms with Crippen LogP contribution in [0, 0.1) is 39.7 Å². The third kappa shape index (κ3) is 4.26. The van der Waals surface area contributed by atoms with Crippen molar-refractivity contribution >= 4 is 22.1 Å². The molecule has 1 N–H and O–H groups in total. The number of carboxylic acid groups (broad SMARTS) is 1. The van der Waals surface area contributed by atoms with Gasteiger partial charge < -0.3 is 9.53 Å². The van der Waals surface area contributed by atoms with Crippen LogP contribution in [0.25, 0.3) is 0 Å². The smallest absolute Gasteiger partial charge is 0.335 e. The first-order valence-electron chi connectivity index (χ1n) is 10.3. The van der Waals surface area contributed by atoms with Gasteiger partial charge in [-0.15, -0.1) is 0 Å². The van der Waals surface area contributed by atoms with E-state index in [1.165, 1.54) is 18.2 Å². The van der Waals surface area contributed by atoms with Gasteiger partial charge in [-0.2, -0.15) is 0 Å². The van der Waals surface area contributed by atoms with Crippen molar-refractivity contribution in [3.05, 3.63) is 39.4 Å². The summed E-state index contributed by atoms with van der Waals surface area (Å²) < 4.78 is 6.09. The Morgan fingerprint density at radius 1 is 1.21 bits per heavy atom. The number of hydrogen-bond acceptors (Lipinski definition) is 4. The summed E-state index contributed by atoms with van der Waals surface area (Å²) in [5.41, 5.74) is 0.250. The first-order valence-corrected chi connectivity index (χ1v) is 10.7. The number of benzene rings is 1. The van der Waals surface area contributed by atoms with Crippen molar-refractivity contribution in [2.24, 2.45) is 29.6 Å². The van der Waals surface area contributed by atoms with Crippen LogP contribution in [0.4, 0.5) is 5.69 Å². The Hall–Kier alpha value is -1.73. The molecule has 29 heavy (non-hydrogen) atoms. The second-order valence-corrected chi connectivity index (χ2v) is 9.53. The van der Waals surface area contributed by atoms with Gasteiger partial charge in [-0.05, 0) is 60.0 Å². The quantitative estimate of drug-likeness (QED) is 0.338. The van der Waals surface area contributed by atoms with Crippen LogP contribution in [0.2, 0.25) is 0 Å². The van der Waals surface area contributed by atoms with Crippen molar-refractivity contribution in [3.63, 3.8) is 0 Å². The van der Waals surface area contributed by atoms with E-state index >= 15 is 0 Å². The van der Waals surface area contributed by atoms with Gasteiger partial charge in [-0.25, -0.2) is 4.79 Å². The average molecular weight is 419 g/mol. The van der Waals surface area contributed by atoms with E-state index in [1.54, 1.807) is 0 Å². The number of non-ortho nitro benzene ring substituents is 1. The Balaban J connectivity index is 2.40. The second-order valence-electron chi connectivity index (χ2n) is 9.32. The molecule has 0 spiro atoms. The molecule has 2 rings (SSSR count). The molecule has 0 aliphatic heterocycles. The van der Waals surface area contributed by atoms with Crippen molar-refractivity contribution in [2.75, 3.05) is 0 Å². The summed E-state index contributed by atoms with van der Waals surface area (Å²) in [6.07, 6.45) is 1.50. The van der Waals surface area contributed by atoms with E-state index in [-0.39, 0.29) is 34.6 Å². The molecule has 6 nitrogen and oxygen atoms in total.